The van der Waals surface area contributed by atoms with Crippen LogP contribution in [-0.4, -0.2) is 30.2 Å². The van der Waals surface area contributed by atoms with Crippen molar-refractivity contribution < 1.29 is 4.48 Å². The van der Waals surface area contributed by atoms with Crippen LogP contribution >= 0.6 is 0 Å². The molecule has 0 aromatic carbocycles. The summed E-state index contributed by atoms with van der Waals surface area (Å²) in [6, 6.07) is 1.67. The van der Waals surface area contributed by atoms with Crippen LogP contribution in [0.2, 0.25) is 0 Å². The molecule has 1 heteroatoms. The van der Waals surface area contributed by atoms with E-state index in [4.69, 9.17) is 0 Å². The van der Waals surface area contributed by atoms with E-state index in [0.29, 0.717) is 0 Å². The van der Waals surface area contributed by atoms with Crippen LogP contribution in [0.5, 0.6) is 0 Å². The van der Waals surface area contributed by atoms with Crippen molar-refractivity contribution in [3.63, 3.8) is 0 Å². The van der Waals surface area contributed by atoms with Gasteiger partial charge in [0.2, 0.25) is 0 Å². The molecule has 1 fully saturated rings. The third kappa shape index (κ3) is 1.10. The summed E-state index contributed by atoms with van der Waals surface area (Å²) >= 11 is 0. The standard InChI is InChI=1S/C11H24N/c1-7-12(6)10(4)8(2)9(3)11(12)5/h8-11H,7H2,1-6H3/q+1. The highest BCUT2D eigenvalue weighted by atomic mass is 15.4. The van der Waals surface area contributed by atoms with Crippen LogP contribution in [0.4, 0.5) is 0 Å². The molecule has 0 aromatic heterocycles. The smallest absolute Gasteiger partial charge is 0.0892 e. The molecule has 1 rings (SSSR count). The summed E-state index contributed by atoms with van der Waals surface area (Å²) in [5, 5.41) is 0. The molecule has 4 atom stereocenters. The van der Waals surface area contributed by atoms with Crippen molar-refractivity contribution >= 4 is 0 Å². The molecule has 0 saturated carbocycles. The zero-order valence-corrected chi connectivity index (χ0v) is 9.46. The van der Waals surface area contributed by atoms with E-state index in [1.165, 1.54) is 11.0 Å². The maximum Gasteiger partial charge on any atom is 0.0892 e. The fraction of sp³-hybridized carbons (Fsp3) is 1.00. The summed E-state index contributed by atoms with van der Waals surface area (Å²) in [6.45, 7) is 13.2. The van der Waals surface area contributed by atoms with Gasteiger partial charge in [0.15, 0.2) is 0 Å². The number of quaternary nitrogens is 1. The molecule has 0 bridgehead atoms. The first-order valence-corrected chi connectivity index (χ1v) is 5.30. The molecule has 1 nitrogen and oxygen atoms in total. The van der Waals surface area contributed by atoms with Crippen molar-refractivity contribution in [3.05, 3.63) is 0 Å². The molecule has 0 aliphatic carbocycles. The van der Waals surface area contributed by atoms with Crippen LogP contribution in [0.15, 0.2) is 0 Å². The van der Waals surface area contributed by atoms with E-state index in [2.05, 4.69) is 41.7 Å². The van der Waals surface area contributed by atoms with Crippen molar-refractivity contribution in [1.29, 1.82) is 0 Å². The highest BCUT2D eigenvalue weighted by Gasteiger charge is 2.49. The zero-order valence-electron chi connectivity index (χ0n) is 9.46. The van der Waals surface area contributed by atoms with Gasteiger partial charge in [-0.25, -0.2) is 0 Å². The van der Waals surface area contributed by atoms with Crippen LogP contribution in [0.1, 0.15) is 34.6 Å². The summed E-state index contributed by atoms with van der Waals surface area (Å²) in [7, 11) is 2.41. The lowest BCUT2D eigenvalue weighted by atomic mass is 9.92. The highest BCUT2D eigenvalue weighted by molar-refractivity contribution is 4.81. The Morgan fingerprint density at radius 2 is 1.25 bits per heavy atom. The van der Waals surface area contributed by atoms with Gasteiger partial charge in [-0.15, -0.1) is 0 Å². The number of rotatable bonds is 1. The van der Waals surface area contributed by atoms with Crippen LogP contribution < -0.4 is 0 Å². The summed E-state index contributed by atoms with van der Waals surface area (Å²) in [5.41, 5.74) is 0. The Balaban J connectivity index is 2.90. The molecule has 1 aliphatic rings. The number of likely N-dealkylation sites (tertiary alicyclic amines) is 1. The van der Waals surface area contributed by atoms with Crippen molar-refractivity contribution in [2.75, 3.05) is 13.6 Å². The third-order valence-electron chi connectivity index (χ3n) is 4.89. The number of hydrogen-bond acceptors (Lipinski definition) is 0. The zero-order chi connectivity index (χ0) is 9.52. The predicted octanol–water partition coefficient (Wildman–Crippen LogP) is 2.52. The van der Waals surface area contributed by atoms with E-state index in [-0.39, 0.29) is 0 Å². The van der Waals surface area contributed by atoms with E-state index < -0.39 is 0 Å². The SMILES string of the molecule is CC[N+]1(C)C(C)C(C)C(C)C1C. The van der Waals surface area contributed by atoms with Gasteiger partial charge in [-0.3, -0.25) is 0 Å². The van der Waals surface area contributed by atoms with E-state index in [1.807, 2.05) is 0 Å². The first kappa shape index (κ1) is 10.0. The van der Waals surface area contributed by atoms with Gasteiger partial charge in [-0.05, 0) is 20.8 Å². The lowest BCUT2D eigenvalue weighted by molar-refractivity contribution is -0.941. The topological polar surface area (TPSA) is 0 Å². The second-order valence-corrected chi connectivity index (χ2v) is 4.86. The van der Waals surface area contributed by atoms with Gasteiger partial charge < -0.3 is 4.48 Å². The van der Waals surface area contributed by atoms with Crippen molar-refractivity contribution in [1.82, 2.24) is 0 Å². The van der Waals surface area contributed by atoms with E-state index in [9.17, 15) is 0 Å². The average molecular weight is 170 g/mol. The molecular formula is C11H24N+. The molecule has 1 aliphatic heterocycles. The summed E-state index contributed by atoms with van der Waals surface area (Å²) in [5.74, 6) is 1.76. The molecule has 0 aromatic rings. The first-order valence-electron chi connectivity index (χ1n) is 5.30. The maximum atomic E-state index is 2.41. The van der Waals surface area contributed by atoms with Gasteiger partial charge in [0.05, 0.1) is 25.7 Å². The van der Waals surface area contributed by atoms with Crippen LogP contribution in [0.25, 0.3) is 0 Å². The lowest BCUT2D eigenvalue weighted by Gasteiger charge is -2.38. The molecule has 4 unspecified atom stereocenters. The molecule has 1 saturated heterocycles. The Labute approximate surface area is 77.4 Å². The Morgan fingerprint density at radius 1 is 0.917 bits per heavy atom. The normalized spacial score (nSPS) is 54.5. The molecular weight excluding hydrogens is 146 g/mol. The lowest BCUT2D eigenvalue weighted by Crippen LogP contribution is -2.52. The molecule has 72 valence electrons. The summed E-state index contributed by atoms with van der Waals surface area (Å²) in [4.78, 5) is 0. The molecule has 12 heavy (non-hydrogen) atoms. The maximum absolute atomic E-state index is 2.41. The third-order valence-corrected chi connectivity index (χ3v) is 4.89. The van der Waals surface area contributed by atoms with Crippen LogP contribution in [0.3, 0.4) is 0 Å². The second-order valence-electron chi connectivity index (χ2n) is 4.86. The minimum Gasteiger partial charge on any atom is -0.321 e. The van der Waals surface area contributed by atoms with Crippen LogP contribution in [-0.2, 0) is 0 Å². The quantitative estimate of drug-likeness (QED) is 0.530. The van der Waals surface area contributed by atoms with E-state index in [1.54, 1.807) is 0 Å². The van der Waals surface area contributed by atoms with Gasteiger partial charge in [0.25, 0.3) is 0 Å². The predicted molar refractivity (Wildman–Crippen MR) is 54.0 cm³/mol. The fourth-order valence-electron chi connectivity index (χ4n) is 2.90. The molecule has 0 spiro atoms. The van der Waals surface area contributed by atoms with E-state index in [0.717, 1.165) is 23.9 Å². The Morgan fingerprint density at radius 3 is 1.42 bits per heavy atom. The van der Waals surface area contributed by atoms with Crippen molar-refractivity contribution in [2.24, 2.45) is 11.8 Å². The van der Waals surface area contributed by atoms with Crippen LogP contribution in [0, 0.1) is 11.8 Å². The minimum atomic E-state index is 0.833. The van der Waals surface area contributed by atoms with Gasteiger partial charge in [0.1, 0.15) is 0 Å². The Bertz CT molecular complexity index is 150. The first-order chi connectivity index (χ1) is 5.45. The summed E-state index contributed by atoms with van der Waals surface area (Å²) in [6.07, 6.45) is 0. The Kier molecular flexibility index (Phi) is 2.53. The molecule has 0 radical (unpaired) electrons. The molecule has 0 N–H and O–H groups in total. The second kappa shape index (κ2) is 3.02. The highest BCUT2D eigenvalue weighted by Crippen LogP contribution is 2.39. The fourth-order valence-corrected chi connectivity index (χ4v) is 2.90. The molecule has 1 heterocycles. The summed E-state index contributed by atoms with van der Waals surface area (Å²) < 4.78 is 1.27. The monoisotopic (exact) mass is 170 g/mol. The van der Waals surface area contributed by atoms with Crippen molar-refractivity contribution in [2.45, 2.75) is 46.7 Å². The molecule has 0 amide bonds. The van der Waals surface area contributed by atoms with Gasteiger partial charge >= 0.3 is 0 Å². The van der Waals surface area contributed by atoms with E-state index >= 15 is 0 Å². The average Bonchev–Trinajstić information content (AvgIpc) is 2.22. The minimum absolute atomic E-state index is 0.833. The van der Waals surface area contributed by atoms with Gasteiger partial charge in [0, 0.05) is 11.8 Å². The van der Waals surface area contributed by atoms with Crippen molar-refractivity contribution in [3.8, 4) is 0 Å². The number of nitrogens with zero attached hydrogens (tertiary/aromatic N) is 1. The largest absolute Gasteiger partial charge is 0.321 e. The Hall–Kier alpha value is -0.0400. The van der Waals surface area contributed by atoms with Gasteiger partial charge in [-0.2, -0.15) is 0 Å². The van der Waals surface area contributed by atoms with Gasteiger partial charge in [-0.1, -0.05) is 13.8 Å². The number of hydrogen-bond donors (Lipinski definition) is 0.